The number of hydrogen-bond acceptors (Lipinski definition) is 23. The van der Waals surface area contributed by atoms with E-state index in [2.05, 4.69) is 42.5 Å². The molecule has 31 nitrogen and oxygen atoms in total. The van der Waals surface area contributed by atoms with E-state index < -0.39 is 159 Å². The zero-order valence-electron chi connectivity index (χ0n) is 50.1. The van der Waals surface area contributed by atoms with Crippen LogP contribution in [-0.2, 0) is 66.8 Å². The molecule has 0 aromatic rings. The maximum absolute atomic E-state index is 14.1. The number of aliphatic hydroxyl groups is 9. The molecule has 0 aromatic carbocycles. The third-order valence-electron chi connectivity index (χ3n) is 14.4. The number of hydrogen-bond donors (Lipinski definition) is 17. The van der Waals surface area contributed by atoms with Gasteiger partial charge >= 0.3 is 0 Å². The molecule has 8 amide bonds. The molecule has 86 heavy (non-hydrogen) atoms. The Balaban J connectivity index is 1.52. The second-order valence-electron chi connectivity index (χ2n) is 22.2. The van der Waals surface area contributed by atoms with E-state index in [-0.39, 0.29) is 89.2 Å². The minimum atomic E-state index is -1.51. The van der Waals surface area contributed by atoms with Gasteiger partial charge in [-0.3, -0.25) is 38.4 Å². The number of nitrogens with one attached hydrogen (secondary N) is 8. The largest absolute Gasteiger partial charge is 0.394 e. The van der Waals surface area contributed by atoms with Crippen molar-refractivity contribution in [2.45, 2.75) is 247 Å². The average Bonchev–Trinajstić information content (AvgIpc) is 3.02. The van der Waals surface area contributed by atoms with Gasteiger partial charge in [-0.25, -0.2) is 0 Å². The van der Waals surface area contributed by atoms with Crippen molar-refractivity contribution in [3.05, 3.63) is 0 Å². The summed E-state index contributed by atoms with van der Waals surface area (Å²) < 4.78 is 33.9. The van der Waals surface area contributed by atoms with Gasteiger partial charge in [-0.15, -0.1) is 0 Å². The number of unbranched alkanes of at least 4 members (excludes halogenated alkanes) is 6. The number of amides is 8. The highest BCUT2D eigenvalue weighted by Gasteiger charge is 2.48. The highest BCUT2D eigenvalue weighted by Crippen LogP contribution is 2.25. The fourth-order valence-electron chi connectivity index (χ4n) is 9.82. The van der Waals surface area contributed by atoms with Crippen LogP contribution in [0, 0.1) is 0 Å². The van der Waals surface area contributed by atoms with Crippen LogP contribution in [-0.4, -0.2) is 256 Å². The standard InChI is InChI=1S/C55H98N8O23/c1-30(2)58-51(79)35(17-7-6-12-22-56-39(70)19-9-14-24-81-53-42(59-31(3)67)48(76)45(73)36(27-64)84-53)63-52(80)34(62-41(72)21-11-16-26-83-55-44(61-33(5)69)50(78)47(75)38(29-66)86-55)18-8-13-23-57-40(71)20-10-15-25-82-54-43(60-32(4)68)49(77)46(74)37(28-65)85-54/h30,34-38,42-50,53-55,64-66,73-78H,6-29H2,1-5H3,(H,56,70)(H,57,71)(H,58,79)(H,59,67)(H,60,68)(H,61,69)(H,62,72)(H,63,80)/t34-,35-,36+,37+,38+,42+,43+,44+,45-,46-,47-,48+,49+,50+,53+,54+,55+/m0/s1. The fourth-order valence-corrected chi connectivity index (χ4v) is 9.82. The van der Waals surface area contributed by atoms with E-state index in [0.29, 0.717) is 64.3 Å². The van der Waals surface area contributed by atoms with E-state index >= 15 is 0 Å². The van der Waals surface area contributed by atoms with Crippen LogP contribution < -0.4 is 42.5 Å². The number of carbonyl (C=O) groups is 8. The van der Waals surface area contributed by atoms with Crippen LogP contribution >= 0.6 is 0 Å². The molecule has 0 spiro atoms. The second-order valence-corrected chi connectivity index (χ2v) is 22.2. The number of rotatable bonds is 40. The zero-order chi connectivity index (χ0) is 63.9. The molecular weight excluding hydrogens is 1140 g/mol. The number of aliphatic hydroxyl groups excluding tert-OH is 9. The first-order chi connectivity index (χ1) is 40.9. The van der Waals surface area contributed by atoms with E-state index in [0.717, 1.165) is 0 Å². The smallest absolute Gasteiger partial charge is 0.243 e. The van der Waals surface area contributed by atoms with Crippen molar-refractivity contribution in [3.63, 3.8) is 0 Å². The molecule has 3 aliphatic heterocycles. The summed E-state index contributed by atoms with van der Waals surface area (Å²) in [5.41, 5.74) is 0. The Labute approximate surface area is 501 Å². The average molecular weight is 1240 g/mol. The topological polar surface area (TPSA) is 470 Å². The summed E-state index contributed by atoms with van der Waals surface area (Å²) in [6.07, 6.45) is -10.7. The Hall–Kier alpha value is -4.84. The molecule has 3 rings (SSSR count). The fraction of sp³-hybridized carbons (Fsp3) is 0.855. The molecule has 31 heteroatoms. The molecule has 17 atom stereocenters. The van der Waals surface area contributed by atoms with Gasteiger partial charge in [-0.05, 0) is 84.5 Å². The van der Waals surface area contributed by atoms with Crippen LogP contribution in [0.25, 0.3) is 0 Å². The third-order valence-corrected chi connectivity index (χ3v) is 14.4. The van der Waals surface area contributed by atoms with Gasteiger partial charge in [-0.2, -0.15) is 0 Å². The number of ether oxygens (including phenoxy) is 6. The molecule has 3 fully saturated rings. The Morgan fingerprint density at radius 2 is 0.733 bits per heavy atom. The van der Waals surface area contributed by atoms with Gasteiger partial charge in [0.2, 0.25) is 47.3 Å². The molecular formula is C55H98N8O23. The van der Waals surface area contributed by atoms with Gasteiger partial charge in [-0.1, -0.05) is 12.8 Å². The van der Waals surface area contributed by atoms with Crippen molar-refractivity contribution < 1.29 is 113 Å². The van der Waals surface area contributed by atoms with Crippen molar-refractivity contribution in [1.29, 1.82) is 0 Å². The Bertz CT molecular complexity index is 2070. The Kier molecular flexibility index (Phi) is 35.6. The summed E-state index contributed by atoms with van der Waals surface area (Å²) in [7, 11) is 0. The summed E-state index contributed by atoms with van der Waals surface area (Å²) in [4.78, 5) is 102. The highest BCUT2D eigenvalue weighted by atomic mass is 16.7. The Morgan fingerprint density at radius 1 is 0.407 bits per heavy atom. The summed E-state index contributed by atoms with van der Waals surface area (Å²) in [6.45, 7) is 6.11. The van der Waals surface area contributed by atoms with Crippen molar-refractivity contribution in [1.82, 2.24) is 42.5 Å². The zero-order valence-corrected chi connectivity index (χ0v) is 50.1. The van der Waals surface area contributed by atoms with Crippen molar-refractivity contribution in [2.75, 3.05) is 52.7 Å². The van der Waals surface area contributed by atoms with E-state index in [1.165, 1.54) is 20.8 Å². The van der Waals surface area contributed by atoms with Gasteiger partial charge in [0.1, 0.15) is 85.1 Å². The van der Waals surface area contributed by atoms with Crippen LogP contribution in [0.15, 0.2) is 0 Å². The minimum Gasteiger partial charge on any atom is -0.394 e. The van der Waals surface area contributed by atoms with Crippen LogP contribution in [0.2, 0.25) is 0 Å². The van der Waals surface area contributed by atoms with Crippen LogP contribution in [0.5, 0.6) is 0 Å². The first kappa shape index (κ1) is 75.4. The van der Waals surface area contributed by atoms with Gasteiger partial charge in [0.25, 0.3) is 0 Å². The molecule has 0 radical (unpaired) electrons. The third kappa shape index (κ3) is 26.9. The summed E-state index contributed by atoms with van der Waals surface area (Å²) in [5, 5.41) is 113. The van der Waals surface area contributed by atoms with Crippen LogP contribution in [0.4, 0.5) is 0 Å². The SMILES string of the molecule is CC(=O)N[C@H]1[C@H](OCCCCC(=O)NCCCCC[C@H](NC(=O)[C@H](CCCCNC(=O)CCCCO[C@@H]2O[C@H](CO)[C@H](O)[C@H](O)[C@H]2NC(C)=O)NC(=O)CCCCO[C@@H]2O[C@H](CO)[C@H](O)[C@H](O)[C@H]2NC(C)=O)C(=O)NC(C)C)O[C@H](CO)[C@H](O)[C@@H]1O. The summed E-state index contributed by atoms with van der Waals surface area (Å²) in [6, 6.07) is -5.68. The number of carbonyl (C=O) groups excluding carboxylic acids is 8. The maximum Gasteiger partial charge on any atom is 0.243 e. The molecule has 0 aliphatic carbocycles. The van der Waals surface area contributed by atoms with Crippen molar-refractivity contribution in [3.8, 4) is 0 Å². The maximum atomic E-state index is 14.1. The molecule has 0 saturated carbocycles. The molecule has 0 aromatic heterocycles. The monoisotopic (exact) mass is 1240 g/mol. The molecule has 3 heterocycles. The molecule has 3 aliphatic rings. The van der Waals surface area contributed by atoms with Crippen LogP contribution in [0.3, 0.4) is 0 Å². The molecule has 0 bridgehead atoms. The second kappa shape index (κ2) is 40.7. The van der Waals surface area contributed by atoms with Gasteiger partial charge in [0, 0.05) is 79.0 Å². The lowest BCUT2D eigenvalue weighted by Gasteiger charge is -2.42. The van der Waals surface area contributed by atoms with E-state index in [9.17, 15) is 84.3 Å². The van der Waals surface area contributed by atoms with Gasteiger partial charge < -0.3 is 117 Å². The lowest BCUT2D eigenvalue weighted by molar-refractivity contribution is -0.270. The predicted molar refractivity (Wildman–Crippen MR) is 301 cm³/mol. The molecule has 496 valence electrons. The van der Waals surface area contributed by atoms with Gasteiger partial charge in [0.05, 0.1) is 19.8 Å². The first-order valence-electron chi connectivity index (χ1n) is 29.9. The normalized spacial score (nSPS) is 28.1. The molecule has 0 unspecified atom stereocenters. The Morgan fingerprint density at radius 3 is 1.08 bits per heavy atom. The quantitative estimate of drug-likeness (QED) is 0.0255. The highest BCUT2D eigenvalue weighted by molar-refractivity contribution is 5.92. The predicted octanol–water partition coefficient (Wildman–Crippen LogP) is -5.16. The van der Waals surface area contributed by atoms with E-state index in [4.69, 9.17) is 28.4 Å². The lowest BCUT2D eigenvalue weighted by Crippen LogP contribution is -2.64. The molecule has 3 saturated heterocycles. The van der Waals surface area contributed by atoms with Crippen LogP contribution in [0.1, 0.15) is 137 Å². The first-order valence-corrected chi connectivity index (χ1v) is 29.9. The minimum absolute atomic E-state index is 0.0117. The van der Waals surface area contributed by atoms with E-state index in [1.54, 1.807) is 13.8 Å². The van der Waals surface area contributed by atoms with Crippen molar-refractivity contribution in [2.24, 2.45) is 0 Å². The van der Waals surface area contributed by atoms with Crippen molar-refractivity contribution >= 4 is 47.3 Å². The molecule has 17 N–H and O–H groups in total. The van der Waals surface area contributed by atoms with Gasteiger partial charge in [0.15, 0.2) is 18.9 Å². The lowest BCUT2D eigenvalue weighted by atomic mass is 9.97. The van der Waals surface area contributed by atoms with E-state index in [1.807, 2.05) is 0 Å². The summed E-state index contributed by atoms with van der Waals surface area (Å²) >= 11 is 0. The summed E-state index contributed by atoms with van der Waals surface area (Å²) in [5.74, 6) is -3.52.